The van der Waals surface area contributed by atoms with Gasteiger partial charge >= 0.3 is 0 Å². The minimum atomic E-state index is -0.0547. The largest absolute Gasteiger partial charge is 0.496 e. The van der Waals surface area contributed by atoms with Gasteiger partial charge in [0.05, 0.1) is 12.8 Å². The molecule has 0 aliphatic carbocycles. The van der Waals surface area contributed by atoms with Gasteiger partial charge in [0.15, 0.2) is 0 Å². The third-order valence-electron chi connectivity index (χ3n) is 5.45. The van der Waals surface area contributed by atoms with Crippen molar-refractivity contribution in [1.29, 1.82) is 0 Å². The molecule has 0 saturated carbocycles. The number of carbonyl (C=O) groups excluding carboxylic acids is 2. The maximum Gasteiger partial charge on any atom is 0.267 e. The molecule has 2 heterocycles. The molecular formula is C23H24N4O3S. The monoisotopic (exact) mass is 436 g/mol. The number of rotatable bonds is 6. The van der Waals surface area contributed by atoms with Crippen molar-refractivity contribution in [2.24, 2.45) is 0 Å². The van der Waals surface area contributed by atoms with Gasteiger partial charge in [-0.1, -0.05) is 28.8 Å². The number of hydrogen-bond acceptors (Lipinski definition) is 6. The van der Waals surface area contributed by atoms with Crippen LogP contribution in [0.1, 0.15) is 38.5 Å². The Kier molecular flexibility index (Phi) is 6.27. The summed E-state index contributed by atoms with van der Waals surface area (Å²) >= 11 is 1.13. The Morgan fingerprint density at radius 1 is 1.19 bits per heavy atom. The molecule has 31 heavy (non-hydrogen) atoms. The van der Waals surface area contributed by atoms with Crippen molar-refractivity contribution in [1.82, 2.24) is 14.5 Å². The number of anilines is 1. The predicted octanol–water partition coefficient (Wildman–Crippen LogP) is 3.62. The lowest BCUT2D eigenvalue weighted by atomic mass is 9.98. The van der Waals surface area contributed by atoms with Gasteiger partial charge in [0.2, 0.25) is 5.91 Å². The Balaban J connectivity index is 1.39. The number of amides is 2. The van der Waals surface area contributed by atoms with Crippen LogP contribution in [0.2, 0.25) is 0 Å². The van der Waals surface area contributed by atoms with Gasteiger partial charge in [0.1, 0.15) is 10.6 Å². The molecule has 160 valence electrons. The van der Waals surface area contributed by atoms with E-state index in [1.807, 2.05) is 47.4 Å². The molecule has 0 saturated heterocycles. The van der Waals surface area contributed by atoms with Crippen molar-refractivity contribution in [2.75, 3.05) is 19.0 Å². The molecule has 0 fully saturated rings. The van der Waals surface area contributed by atoms with Crippen molar-refractivity contribution < 1.29 is 14.3 Å². The van der Waals surface area contributed by atoms with Crippen LogP contribution in [0.5, 0.6) is 5.75 Å². The first-order valence-corrected chi connectivity index (χ1v) is 10.9. The molecular weight excluding hydrogens is 412 g/mol. The summed E-state index contributed by atoms with van der Waals surface area (Å²) in [6, 6.07) is 13.6. The Bertz CT molecular complexity index is 1110. The first kappa shape index (κ1) is 21.0. The molecule has 0 unspecified atom stereocenters. The highest BCUT2D eigenvalue weighted by Crippen LogP contribution is 2.25. The summed E-state index contributed by atoms with van der Waals surface area (Å²) in [7, 11) is 1.63. The summed E-state index contributed by atoms with van der Waals surface area (Å²) in [6.07, 6.45) is 1.75. The van der Waals surface area contributed by atoms with Crippen molar-refractivity contribution in [2.45, 2.75) is 32.7 Å². The van der Waals surface area contributed by atoms with Crippen molar-refractivity contribution in [3.63, 3.8) is 0 Å². The summed E-state index contributed by atoms with van der Waals surface area (Å²) in [6.45, 7) is 2.97. The molecule has 7 nitrogen and oxygen atoms in total. The SMILES string of the molecule is COc1ccccc1CCC(=O)Nc1ccc2c(c1)CN(C(=O)c1snnc1C)CC2. The number of aromatic nitrogens is 2. The van der Waals surface area contributed by atoms with Crippen LogP contribution in [0, 0.1) is 6.92 Å². The number of carbonyl (C=O) groups is 2. The van der Waals surface area contributed by atoms with Crippen molar-refractivity contribution in [3.8, 4) is 5.75 Å². The van der Waals surface area contributed by atoms with Gasteiger partial charge in [-0.2, -0.15) is 0 Å². The molecule has 3 aromatic rings. The average Bonchev–Trinajstić information content (AvgIpc) is 3.22. The fourth-order valence-corrected chi connectivity index (χ4v) is 4.39. The van der Waals surface area contributed by atoms with Crippen molar-refractivity contribution in [3.05, 3.63) is 69.7 Å². The fraction of sp³-hybridized carbons (Fsp3) is 0.304. The Labute approximate surface area is 185 Å². The number of methoxy groups -OCH3 is 1. The second-order valence-electron chi connectivity index (χ2n) is 7.51. The van der Waals surface area contributed by atoms with Crippen LogP contribution in [0.15, 0.2) is 42.5 Å². The smallest absolute Gasteiger partial charge is 0.267 e. The quantitative estimate of drug-likeness (QED) is 0.638. The lowest BCUT2D eigenvalue weighted by Crippen LogP contribution is -2.36. The number of fused-ring (bicyclic) bond motifs is 1. The Morgan fingerprint density at radius 2 is 2.03 bits per heavy atom. The molecule has 0 atom stereocenters. The molecule has 1 aliphatic rings. The lowest BCUT2D eigenvalue weighted by Gasteiger charge is -2.29. The molecule has 0 bridgehead atoms. The molecule has 1 aromatic heterocycles. The van der Waals surface area contributed by atoms with Gasteiger partial charge < -0.3 is 15.0 Å². The minimum absolute atomic E-state index is 0.0376. The van der Waals surface area contributed by atoms with E-state index in [9.17, 15) is 9.59 Å². The first-order valence-electron chi connectivity index (χ1n) is 10.2. The van der Waals surface area contributed by atoms with E-state index in [0.717, 1.165) is 40.5 Å². The molecule has 0 spiro atoms. The maximum absolute atomic E-state index is 12.8. The summed E-state index contributed by atoms with van der Waals surface area (Å²) in [5.74, 6) is 0.700. The molecule has 2 amide bonds. The third kappa shape index (κ3) is 4.74. The highest BCUT2D eigenvalue weighted by Gasteiger charge is 2.25. The van der Waals surface area contributed by atoms with E-state index < -0.39 is 0 Å². The minimum Gasteiger partial charge on any atom is -0.496 e. The molecule has 2 aromatic carbocycles. The fourth-order valence-electron chi connectivity index (χ4n) is 3.76. The van der Waals surface area contributed by atoms with Gasteiger partial charge in [-0.05, 0) is 66.2 Å². The van der Waals surface area contributed by atoms with E-state index >= 15 is 0 Å². The summed E-state index contributed by atoms with van der Waals surface area (Å²) in [5.41, 5.74) is 4.67. The zero-order chi connectivity index (χ0) is 21.8. The Morgan fingerprint density at radius 3 is 2.81 bits per heavy atom. The van der Waals surface area contributed by atoms with Crippen LogP contribution >= 0.6 is 11.5 Å². The second-order valence-corrected chi connectivity index (χ2v) is 8.26. The summed E-state index contributed by atoms with van der Waals surface area (Å²) in [5, 5.41) is 6.92. The highest BCUT2D eigenvalue weighted by atomic mass is 32.1. The van der Waals surface area contributed by atoms with E-state index in [1.165, 1.54) is 5.56 Å². The van der Waals surface area contributed by atoms with Gasteiger partial charge in [0, 0.05) is 25.2 Å². The molecule has 1 N–H and O–H groups in total. The number of hydrogen-bond donors (Lipinski definition) is 1. The molecule has 0 radical (unpaired) electrons. The van der Waals surface area contributed by atoms with Crippen LogP contribution in [-0.2, 0) is 24.2 Å². The van der Waals surface area contributed by atoms with Crippen LogP contribution in [0.4, 0.5) is 5.69 Å². The zero-order valence-electron chi connectivity index (χ0n) is 17.6. The van der Waals surface area contributed by atoms with E-state index in [4.69, 9.17) is 4.74 Å². The first-order chi connectivity index (χ1) is 15.0. The highest BCUT2D eigenvalue weighted by molar-refractivity contribution is 7.07. The van der Waals surface area contributed by atoms with E-state index in [-0.39, 0.29) is 11.8 Å². The van der Waals surface area contributed by atoms with Gasteiger partial charge in [-0.25, -0.2) is 0 Å². The number of aryl methyl sites for hydroxylation is 2. The van der Waals surface area contributed by atoms with Crippen LogP contribution in [0.25, 0.3) is 0 Å². The van der Waals surface area contributed by atoms with Gasteiger partial charge in [0.25, 0.3) is 5.91 Å². The topological polar surface area (TPSA) is 84.4 Å². The second kappa shape index (κ2) is 9.26. The molecule has 4 rings (SSSR count). The summed E-state index contributed by atoms with van der Waals surface area (Å²) < 4.78 is 9.22. The third-order valence-corrected chi connectivity index (χ3v) is 6.27. The van der Waals surface area contributed by atoms with Crippen molar-refractivity contribution >= 4 is 29.0 Å². The maximum atomic E-state index is 12.8. The van der Waals surface area contributed by atoms with Crippen LogP contribution < -0.4 is 10.1 Å². The zero-order valence-corrected chi connectivity index (χ0v) is 18.4. The number of para-hydroxylation sites is 1. The number of nitrogens with one attached hydrogen (secondary N) is 1. The number of benzene rings is 2. The van der Waals surface area contributed by atoms with E-state index in [1.54, 1.807) is 14.0 Å². The van der Waals surface area contributed by atoms with Gasteiger partial charge in [-0.3, -0.25) is 9.59 Å². The normalized spacial score (nSPS) is 12.9. The van der Waals surface area contributed by atoms with E-state index in [0.29, 0.717) is 36.5 Å². The predicted molar refractivity (Wildman–Crippen MR) is 119 cm³/mol. The Hall–Kier alpha value is -3.26. The summed E-state index contributed by atoms with van der Waals surface area (Å²) in [4.78, 5) is 27.7. The standard InChI is InChI=1S/C23H24N4O3S/c1-15-22(31-26-25-15)23(29)27-12-11-16-7-9-19(13-18(16)14-27)24-21(28)10-8-17-5-3-4-6-20(17)30-2/h3-7,9,13H,8,10-12,14H2,1-2H3,(H,24,28). The van der Waals surface area contributed by atoms with E-state index in [2.05, 4.69) is 14.9 Å². The van der Waals surface area contributed by atoms with Crippen LogP contribution in [0.3, 0.4) is 0 Å². The molecule has 8 heteroatoms. The number of ether oxygens (including phenoxy) is 1. The van der Waals surface area contributed by atoms with Gasteiger partial charge in [-0.15, -0.1) is 5.10 Å². The molecule has 1 aliphatic heterocycles. The average molecular weight is 437 g/mol. The number of nitrogens with zero attached hydrogens (tertiary/aromatic N) is 3. The lowest BCUT2D eigenvalue weighted by molar-refractivity contribution is -0.116. The van der Waals surface area contributed by atoms with Crippen LogP contribution in [-0.4, -0.2) is 40.0 Å².